The van der Waals surface area contributed by atoms with Crippen LogP contribution in [0.2, 0.25) is 0 Å². The Balaban J connectivity index is 1.53. The average Bonchev–Trinajstić information content (AvgIpc) is 2.73. The summed E-state index contributed by atoms with van der Waals surface area (Å²) in [6, 6.07) is 22.6. The summed E-state index contributed by atoms with van der Waals surface area (Å²) in [5.41, 5.74) is 5.11. The average molecular weight is 402 g/mol. The van der Waals surface area contributed by atoms with Crippen molar-refractivity contribution in [2.24, 2.45) is 0 Å². The summed E-state index contributed by atoms with van der Waals surface area (Å²) in [7, 11) is 0. The van der Waals surface area contributed by atoms with E-state index in [0.29, 0.717) is 17.2 Å². The zero-order valence-electron chi connectivity index (χ0n) is 17.5. The third-order valence-electron chi connectivity index (χ3n) is 4.73. The van der Waals surface area contributed by atoms with Crippen LogP contribution in [-0.2, 0) is 4.79 Å². The molecule has 0 aliphatic rings. The van der Waals surface area contributed by atoms with E-state index in [-0.39, 0.29) is 18.4 Å². The number of rotatable bonds is 7. The lowest BCUT2D eigenvalue weighted by Crippen LogP contribution is -2.22. The van der Waals surface area contributed by atoms with Crippen molar-refractivity contribution in [2.45, 2.75) is 26.7 Å². The lowest BCUT2D eigenvalue weighted by atomic mass is 10.0. The molecule has 2 amide bonds. The van der Waals surface area contributed by atoms with Crippen LogP contribution in [0, 0.1) is 6.92 Å². The molecule has 3 rings (SSSR count). The first-order valence-corrected chi connectivity index (χ1v) is 10.0. The molecule has 0 radical (unpaired) electrons. The van der Waals surface area contributed by atoms with Crippen molar-refractivity contribution in [1.82, 2.24) is 0 Å². The summed E-state index contributed by atoms with van der Waals surface area (Å²) in [6.45, 7) is 6.31. The Morgan fingerprint density at radius 1 is 0.833 bits per heavy atom. The number of aryl methyl sites for hydroxylation is 1. The van der Waals surface area contributed by atoms with Crippen LogP contribution in [0.15, 0.2) is 72.8 Å². The first-order valence-electron chi connectivity index (χ1n) is 10.0. The van der Waals surface area contributed by atoms with Crippen LogP contribution in [0.25, 0.3) is 0 Å². The quantitative estimate of drug-likeness (QED) is 0.495. The molecule has 3 aromatic carbocycles. The van der Waals surface area contributed by atoms with Gasteiger partial charge in [-0.15, -0.1) is 0 Å². The zero-order chi connectivity index (χ0) is 21.5. The van der Waals surface area contributed by atoms with Gasteiger partial charge in [-0.2, -0.15) is 0 Å². The van der Waals surface area contributed by atoms with Gasteiger partial charge in [-0.3, -0.25) is 9.59 Å². The number of amides is 2. The Hall–Kier alpha value is -3.60. The van der Waals surface area contributed by atoms with Gasteiger partial charge in [0.1, 0.15) is 0 Å². The van der Waals surface area contributed by atoms with E-state index in [0.717, 1.165) is 22.5 Å². The molecule has 0 unspecified atom stereocenters. The monoisotopic (exact) mass is 401 g/mol. The van der Waals surface area contributed by atoms with Gasteiger partial charge in [-0.1, -0.05) is 49.7 Å². The van der Waals surface area contributed by atoms with Crippen LogP contribution in [0.5, 0.6) is 0 Å². The maximum atomic E-state index is 12.3. The summed E-state index contributed by atoms with van der Waals surface area (Å²) in [4.78, 5) is 24.7. The molecular weight excluding hydrogens is 374 g/mol. The van der Waals surface area contributed by atoms with Crippen LogP contribution < -0.4 is 16.0 Å². The molecule has 0 spiro atoms. The molecule has 5 heteroatoms. The van der Waals surface area contributed by atoms with Gasteiger partial charge >= 0.3 is 0 Å². The van der Waals surface area contributed by atoms with Crippen LogP contribution in [0.3, 0.4) is 0 Å². The van der Waals surface area contributed by atoms with Crippen molar-refractivity contribution in [2.75, 3.05) is 22.5 Å². The standard InChI is InChI=1S/C25H27N3O2/c1-17(2)22-9-4-5-10-23(22)28-24(29)16-26-20-11-13-21(14-12-20)27-25(30)19-8-6-7-18(3)15-19/h4-15,17,26H,16H2,1-3H3,(H,27,30)(H,28,29). The van der Waals surface area contributed by atoms with E-state index in [1.165, 1.54) is 0 Å². The van der Waals surface area contributed by atoms with Gasteiger partial charge in [0.25, 0.3) is 5.91 Å². The molecule has 154 valence electrons. The summed E-state index contributed by atoms with van der Waals surface area (Å²) in [6.07, 6.45) is 0. The largest absolute Gasteiger partial charge is 0.376 e. The van der Waals surface area contributed by atoms with Gasteiger partial charge in [0.15, 0.2) is 0 Å². The summed E-state index contributed by atoms with van der Waals surface area (Å²) >= 11 is 0. The van der Waals surface area contributed by atoms with E-state index < -0.39 is 0 Å². The number of carbonyl (C=O) groups is 2. The first-order chi connectivity index (χ1) is 14.4. The summed E-state index contributed by atoms with van der Waals surface area (Å²) in [5, 5.41) is 8.95. The molecule has 0 bridgehead atoms. The molecule has 0 aliphatic heterocycles. The smallest absolute Gasteiger partial charge is 0.255 e. The summed E-state index contributed by atoms with van der Waals surface area (Å²) in [5.74, 6) is 0.0690. The topological polar surface area (TPSA) is 70.2 Å². The highest BCUT2D eigenvalue weighted by molar-refractivity contribution is 6.04. The Morgan fingerprint density at radius 2 is 1.53 bits per heavy atom. The van der Waals surface area contributed by atoms with E-state index in [1.54, 1.807) is 6.07 Å². The Kier molecular flexibility index (Phi) is 6.86. The van der Waals surface area contributed by atoms with Crippen molar-refractivity contribution < 1.29 is 9.59 Å². The molecule has 30 heavy (non-hydrogen) atoms. The van der Waals surface area contributed by atoms with E-state index >= 15 is 0 Å². The van der Waals surface area contributed by atoms with Gasteiger partial charge in [0, 0.05) is 22.6 Å². The normalized spacial score (nSPS) is 10.5. The van der Waals surface area contributed by atoms with Crippen molar-refractivity contribution >= 4 is 28.9 Å². The number of nitrogens with one attached hydrogen (secondary N) is 3. The number of para-hydroxylation sites is 1. The lowest BCUT2D eigenvalue weighted by molar-refractivity contribution is -0.114. The SMILES string of the molecule is Cc1cccc(C(=O)Nc2ccc(NCC(=O)Nc3ccccc3C(C)C)cc2)c1. The predicted molar refractivity (Wildman–Crippen MR) is 123 cm³/mol. The highest BCUT2D eigenvalue weighted by Crippen LogP contribution is 2.23. The number of benzene rings is 3. The van der Waals surface area contributed by atoms with Gasteiger partial charge in [0.05, 0.1) is 6.54 Å². The highest BCUT2D eigenvalue weighted by Gasteiger charge is 2.09. The van der Waals surface area contributed by atoms with Gasteiger partial charge in [-0.25, -0.2) is 0 Å². The lowest BCUT2D eigenvalue weighted by Gasteiger charge is -2.14. The van der Waals surface area contributed by atoms with E-state index in [4.69, 9.17) is 0 Å². The molecular formula is C25H27N3O2. The molecule has 0 fully saturated rings. The minimum absolute atomic E-state index is 0.111. The highest BCUT2D eigenvalue weighted by atomic mass is 16.2. The van der Waals surface area contributed by atoms with E-state index in [1.807, 2.05) is 73.7 Å². The minimum atomic E-state index is -0.150. The fraction of sp³-hybridized carbons (Fsp3) is 0.200. The molecule has 0 saturated carbocycles. The number of carbonyl (C=O) groups excluding carboxylic acids is 2. The number of hydrogen-bond acceptors (Lipinski definition) is 3. The maximum absolute atomic E-state index is 12.3. The van der Waals surface area contributed by atoms with Crippen molar-refractivity contribution in [3.05, 3.63) is 89.5 Å². The predicted octanol–water partition coefficient (Wildman–Crippen LogP) is 5.42. The van der Waals surface area contributed by atoms with Crippen LogP contribution in [0.1, 0.15) is 41.3 Å². The van der Waals surface area contributed by atoms with E-state index in [2.05, 4.69) is 29.8 Å². The van der Waals surface area contributed by atoms with Gasteiger partial charge < -0.3 is 16.0 Å². The molecule has 5 nitrogen and oxygen atoms in total. The summed E-state index contributed by atoms with van der Waals surface area (Å²) < 4.78 is 0. The number of hydrogen-bond donors (Lipinski definition) is 3. The first kappa shape index (κ1) is 21.1. The van der Waals surface area contributed by atoms with E-state index in [9.17, 15) is 9.59 Å². The second-order valence-corrected chi connectivity index (χ2v) is 7.54. The number of anilines is 3. The molecule has 0 saturated heterocycles. The van der Waals surface area contributed by atoms with Gasteiger partial charge in [-0.05, 0) is 60.9 Å². The second-order valence-electron chi connectivity index (χ2n) is 7.54. The zero-order valence-corrected chi connectivity index (χ0v) is 17.5. The molecule has 0 heterocycles. The van der Waals surface area contributed by atoms with Gasteiger partial charge in [0.2, 0.25) is 5.91 Å². The molecule has 0 aromatic heterocycles. The molecule has 3 N–H and O–H groups in total. The fourth-order valence-electron chi connectivity index (χ4n) is 3.15. The molecule has 0 aliphatic carbocycles. The molecule has 0 atom stereocenters. The Bertz CT molecular complexity index is 1030. The molecule has 3 aromatic rings. The minimum Gasteiger partial charge on any atom is -0.376 e. The third-order valence-corrected chi connectivity index (χ3v) is 4.73. The Morgan fingerprint density at radius 3 is 2.23 bits per heavy atom. The van der Waals surface area contributed by atoms with Crippen LogP contribution in [0.4, 0.5) is 17.1 Å². The Labute approximate surface area is 177 Å². The van der Waals surface area contributed by atoms with Crippen molar-refractivity contribution in [1.29, 1.82) is 0 Å². The van der Waals surface area contributed by atoms with Crippen LogP contribution >= 0.6 is 0 Å². The fourth-order valence-corrected chi connectivity index (χ4v) is 3.15. The second kappa shape index (κ2) is 9.74. The maximum Gasteiger partial charge on any atom is 0.255 e. The van der Waals surface area contributed by atoms with Crippen LogP contribution in [-0.4, -0.2) is 18.4 Å². The van der Waals surface area contributed by atoms with Crippen molar-refractivity contribution in [3.63, 3.8) is 0 Å². The van der Waals surface area contributed by atoms with Crippen molar-refractivity contribution in [3.8, 4) is 0 Å². The third kappa shape index (κ3) is 5.70.